The number of carbonyl (C=O) groups is 4. The fourth-order valence-electron chi connectivity index (χ4n) is 9.66. The normalized spacial score (nSPS) is 39.7. The number of carbonyl (C=O) groups excluding carboxylic acids is 4. The summed E-state index contributed by atoms with van der Waals surface area (Å²) < 4.78 is 29.9. The summed E-state index contributed by atoms with van der Waals surface area (Å²) in [5.74, 6) is -8.64. The number of allylic oxidation sites excluding steroid dienone is 3. The lowest BCUT2D eigenvalue weighted by Gasteiger charge is -2.52. The molecule has 0 aromatic heterocycles. The lowest BCUT2D eigenvalue weighted by atomic mass is 9.76. The van der Waals surface area contributed by atoms with Gasteiger partial charge in [0, 0.05) is 52.0 Å². The highest BCUT2D eigenvalue weighted by Gasteiger charge is 2.61. The largest absolute Gasteiger partial charge is 0.456 e. The van der Waals surface area contributed by atoms with Gasteiger partial charge in [-0.3, -0.25) is 14.4 Å². The van der Waals surface area contributed by atoms with Crippen LogP contribution in [0.3, 0.4) is 0 Å². The molecule has 2 bridgehead atoms. The summed E-state index contributed by atoms with van der Waals surface area (Å²) in [6.45, 7) is 8.08. The molecule has 1 amide bonds. The van der Waals surface area contributed by atoms with Crippen LogP contribution in [-0.2, 0) is 42.9 Å². The number of nitrogens with zero attached hydrogens (tertiary/aromatic N) is 1. The molecule has 0 spiro atoms. The van der Waals surface area contributed by atoms with E-state index in [4.69, 9.17) is 23.7 Å². The summed E-state index contributed by atoms with van der Waals surface area (Å²) in [6.07, 6.45) is 1.79. The zero-order chi connectivity index (χ0) is 43.8. The second-order valence-corrected chi connectivity index (χ2v) is 17.8. The van der Waals surface area contributed by atoms with Gasteiger partial charge in [0.2, 0.25) is 5.79 Å². The molecular weight excluding hydrogens is 766 g/mol. The predicted octanol–water partition coefficient (Wildman–Crippen LogP) is 2.95. The van der Waals surface area contributed by atoms with Crippen LogP contribution in [0.4, 0.5) is 0 Å². The lowest BCUT2D eigenvalue weighted by molar-refractivity contribution is -0.339. The van der Waals surface area contributed by atoms with Crippen LogP contribution in [0, 0.1) is 23.7 Å². The molecule has 4 aliphatic rings. The van der Waals surface area contributed by atoms with Gasteiger partial charge in [0.1, 0.15) is 23.5 Å². The van der Waals surface area contributed by atoms with Crippen molar-refractivity contribution in [2.45, 2.75) is 172 Å². The molecule has 2 saturated heterocycles. The zero-order valence-corrected chi connectivity index (χ0v) is 36.3. The molecule has 1 saturated carbocycles. The fraction of sp³-hybridized carbons (Fsp3) is 0.818. The average Bonchev–Trinajstić information content (AvgIpc) is 3.21. The molecular formula is C44H71NO14. The minimum absolute atomic E-state index is 0.0515. The number of fused-ring (bicyclic) bond motifs is 3. The average molecular weight is 838 g/mol. The number of methoxy groups -OCH3 is 3. The van der Waals surface area contributed by atoms with Crippen molar-refractivity contribution in [3.05, 3.63) is 23.3 Å². The van der Waals surface area contributed by atoms with Crippen molar-refractivity contribution in [2.75, 3.05) is 34.5 Å². The van der Waals surface area contributed by atoms with Gasteiger partial charge in [0.25, 0.3) is 11.7 Å². The van der Waals surface area contributed by atoms with Crippen molar-refractivity contribution in [2.24, 2.45) is 23.7 Å². The van der Waals surface area contributed by atoms with E-state index in [0.717, 1.165) is 10.5 Å². The Morgan fingerprint density at radius 1 is 0.966 bits per heavy atom. The Balaban J connectivity index is 1.80. The summed E-state index contributed by atoms with van der Waals surface area (Å²) in [7, 11) is 4.53. The van der Waals surface area contributed by atoms with Gasteiger partial charge >= 0.3 is 5.97 Å². The number of cyclic esters (lactones) is 1. The Bertz CT molecular complexity index is 1520. The Kier molecular flexibility index (Phi) is 17.8. The topological polar surface area (TPSA) is 219 Å². The third-order valence-electron chi connectivity index (χ3n) is 13.5. The van der Waals surface area contributed by atoms with E-state index in [-0.39, 0.29) is 43.9 Å². The molecule has 14 atom stereocenters. The Morgan fingerprint density at radius 2 is 1.66 bits per heavy atom. The highest BCUT2D eigenvalue weighted by atomic mass is 16.7. The maximum atomic E-state index is 14.4. The number of aliphatic hydroxyl groups is 5. The predicted molar refractivity (Wildman–Crippen MR) is 216 cm³/mol. The number of Topliss-reactive ketones (excluding diaryl/α,β-unsaturated/α-hetero) is 2. The molecule has 5 N–H and O–H groups in total. The summed E-state index contributed by atoms with van der Waals surface area (Å²) in [5, 5.41) is 54.4. The monoisotopic (exact) mass is 837 g/mol. The molecule has 3 fully saturated rings. The Morgan fingerprint density at radius 3 is 2.31 bits per heavy atom. The molecule has 0 aromatic carbocycles. The van der Waals surface area contributed by atoms with E-state index >= 15 is 0 Å². The summed E-state index contributed by atoms with van der Waals surface area (Å²) >= 11 is 0. The van der Waals surface area contributed by atoms with Gasteiger partial charge in [-0.25, -0.2) is 4.79 Å². The molecule has 1 aliphatic carbocycles. The van der Waals surface area contributed by atoms with Crippen molar-refractivity contribution in [1.82, 2.24) is 4.90 Å². The summed E-state index contributed by atoms with van der Waals surface area (Å²) in [5.41, 5.74) is 0.0115. The first-order valence-electron chi connectivity index (χ1n) is 21.4. The molecule has 336 valence electrons. The van der Waals surface area contributed by atoms with Gasteiger partial charge in [-0.15, -0.1) is 0 Å². The van der Waals surface area contributed by atoms with Crippen LogP contribution >= 0.6 is 0 Å². The third kappa shape index (κ3) is 11.5. The second-order valence-electron chi connectivity index (χ2n) is 17.8. The van der Waals surface area contributed by atoms with Gasteiger partial charge in [-0.05, 0) is 103 Å². The minimum atomic E-state index is -2.58. The van der Waals surface area contributed by atoms with E-state index in [2.05, 4.69) is 0 Å². The first-order chi connectivity index (χ1) is 27.8. The van der Waals surface area contributed by atoms with Crippen LogP contribution in [-0.4, -0.2) is 149 Å². The molecule has 14 unspecified atom stereocenters. The molecule has 15 heteroatoms. The van der Waals surface area contributed by atoms with Crippen LogP contribution in [0.15, 0.2) is 23.3 Å². The standard InChI is InChI=1S/C44H71NO14/c1-25-12-11-14-37(56-7)43(5)38(57-8)20-27(3)44(54,59-43)40(51)41(52)45-17-10-9-13-32(45)42(53)58-39(26(2)19-29-15-16-33(48)36(21-29)55-6)28(4)34(49)23-35(50)30(18-25)22-31(47)24-46/h18-19,27-34,36-39,46-49,54H,9-17,20-24H2,1-8H3. The summed E-state index contributed by atoms with van der Waals surface area (Å²) in [4.78, 5) is 58.1. The molecule has 15 nitrogen and oxygen atoms in total. The smallest absolute Gasteiger partial charge is 0.329 e. The van der Waals surface area contributed by atoms with Gasteiger partial charge in [-0.2, -0.15) is 0 Å². The van der Waals surface area contributed by atoms with E-state index in [9.17, 15) is 44.7 Å². The lowest BCUT2D eigenvalue weighted by Crippen LogP contribution is -2.68. The first kappa shape index (κ1) is 49.1. The van der Waals surface area contributed by atoms with Crippen LogP contribution in [0.1, 0.15) is 112 Å². The number of piperidine rings is 1. The number of hydrogen-bond donors (Lipinski definition) is 5. The molecule has 0 radical (unpaired) electrons. The molecule has 3 aliphatic heterocycles. The van der Waals surface area contributed by atoms with Crippen molar-refractivity contribution in [1.29, 1.82) is 0 Å². The van der Waals surface area contributed by atoms with Crippen LogP contribution in [0.2, 0.25) is 0 Å². The van der Waals surface area contributed by atoms with Crippen molar-refractivity contribution >= 4 is 23.4 Å². The molecule has 3 heterocycles. The number of rotatable bonds is 8. The fourth-order valence-corrected chi connectivity index (χ4v) is 9.66. The number of ketones is 2. The second kappa shape index (κ2) is 21.5. The molecule has 4 rings (SSSR count). The minimum Gasteiger partial charge on any atom is -0.456 e. The summed E-state index contributed by atoms with van der Waals surface area (Å²) in [6, 6.07) is -1.19. The van der Waals surface area contributed by atoms with Gasteiger partial charge in [0.05, 0.1) is 43.2 Å². The highest BCUT2D eigenvalue weighted by molar-refractivity contribution is 6.39. The van der Waals surface area contributed by atoms with Crippen LogP contribution in [0.5, 0.6) is 0 Å². The number of ether oxygens (including phenoxy) is 5. The van der Waals surface area contributed by atoms with Gasteiger partial charge in [0.15, 0.2) is 0 Å². The molecule has 0 aromatic rings. The third-order valence-corrected chi connectivity index (χ3v) is 13.5. The van der Waals surface area contributed by atoms with E-state index in [1.54, 1.807) is 33.8 Å². The van der Waals surface area contributed by atoms with Crippen molar-refractivity contribution in [3.8, 4) is 0 Å². The number of esters is 1. The first-order valence-corrected chi connectivity index (χ1v) is 21.4. The van der Waals surface area contributed by atoms with Crippen LogP contribution < -0.4 is 0 Å². The maximum Gasteiger partial charge on any atom is 0.329 e. The highest BCUT2D eigenvalue weighted by Crippen LogP contribution is 2.44. The van der Waals surface area contributed by atoms with Crippen LogP contribution in [0.25, 0.3) is 0 Å². The van der Waals surface area contributed by atoms with E-state index in [0.29, 0.717) is 56.9 Å². The SMILES string of the molecule is COC1CC(C=C(C)C2OC(=O)C3CCCCN3C(=O)C(=O)C3(O)OC(C)(C(OC)CCCC(C)=CC(CC(O)CO)C(=O)CC(O)C2C)C(OC)CC3C)CCC1O. The Hall–Kier alpha value is -2.60. The number of amides is 1. The van der Waals surface area contributed by atoms with Crippen molar-refractivity contribution in [3.63, 3.8) is 0 Å². The van der Waals surface area contributed by atoms with E-state index < -0.39 is 102 Å². The van der Waals surface area contributed by atoms with E-state index in [1.807, 2.05) is 13.0 Å². The number of hydrogen-bond acceptors (Lipinski definition) is 14. The van der Waals surface area contributed by atoms with E-state index in [1.165, 1.54) is 21.3 Å². The zero-order valence-electron chi connectivity index (χ0n) is 36.3. The van der Waals surface area contributed by atoms with Gasteiger partial charge in [-0.1, -0.05) is 31.6 Å². The Labute approximate surface area is 349 Å². The van der Waals surface area contributed by atoms with Crippen molar-refractivity contribution < 1.29 is 68.4 Å². The number of aliphatic hydroxyl groups excluding tert-OH is 4. The maximum absolute atomic E-state index is 14.4. The quantitative estimate of drug-likeness (QED) is 0.135. The molecule has 59 heavy (non-hydrogen) atoms. The van der Waals surface area contributed by atoms with Gasteiger partial charge < -0.3 is 54.1 Å².